The number of para-hydroxylation sites is 1. The zero-order chi connectivity index (χ0) is 25.0. The lowest BCUT2D eigenvalue weighted by molar-refractivity contribution is -0.137. The molecule has 0 aliphatic carbocycles. The van der Waals surface area contributed by atoms with Crippen molar-refractivity contribution in [1.29, 1.82) is 0 Å². The van der Waals surface area contributed by atoms with E-state index in [1.165, 1.54) is 26.1 Å². The highest BCUT2D eigenvalue weighted by Gasteiger charge is 2.31. The Morgan fingerprint density at radius 2 is 1.79 bits per heavy atom. The number of aryl methyl sites for hydroxylation is 2. The van der Waals surface area contributed by atoms with E-state index in [1.54, 1.807) is 12.1 Å². The van der Waals surface area contributed by atoms with E-state index in [-0.39, 0.29) is 17.9 Å². The van der Waals surface area contributed by atoms with Crippen molar-refractivity contribution in [3.8, 4) is 5.69 Å². The maximum atomic E-state index is 13.1. The van der Waals surface area contributed by atoms with E-state index >= 15 is 0 Å². The van der Waals surface area contributed by atoms with Crippen LogP contribution in [-0.2, 0) is 17.4 Å². The number of carbonyl (C=O) groups is 2. The molecule has 2 aromatic carbocycles. The molecule has 10 heteroatoms. The SMILES string of the molecule is CCc1ccccc1NC(=O)CN(C)C(=O)c1nn(-c2cccc(C(F)(F)F)c2)c(C)cc1=O. The number of amides is 2. The number of anilines is 1. The lowest BCUT2D eigenvalue weighted by Crippen LogP contribution is -2.38. The number of hydrogen-bond donors (Lipinski definition) is 1. The number of nitrogens with one attached hydrogen (secondary N) is 1. The first kappa shape index (κ1) is 24.7. The fourth-order valence-electron chi connectivity index (χ4n) is 3.38. The van der Waals surface area contributed by atoms with Gasteiger partial charge < -0.3 is 10.2 Å². The predicted octanol–water partition coefficient (Wildman–Crippen LogP) is 3.83. The molecule has 0 saturated heterocycles. The summed E-state index contributed by atoms with van der Waals surface area (Å²) in [6, 6.07) is 12.7. The van der Waals surface area contributed by atoms with Crippen molar-refractivity contribution in [2.45, 2.75) is 26.4 Å². The molecule has 34 heavy (non-hydrogen) atoms. The molecule has 0 atom stereocenters. The number of aromatic nitrogens is 2. The molecule has 3 aromatic rings. The topological polar surface area (TPSA) is 84.3 Å². The van der Waals surface area contributed by atoms with E-state index in [0.717, 1.165) is 33.3 Å². The fraction of sp³-hybridized carbons (Fsp3) is 0.250. The molecule has 0 unspecified atom stereocenters. The summed E-state index contributed by atoms with van der Waals surface area (Å²) >= 11 is 0. The zero-order valence-electron chi connectivity index (χ0n) is 18.8. The minimum Gasteiger partial charge on any atom is -0.331 e. The van der Waals surface area contributed by atoms with Gasteiger partial charge in [-0.2, -0.15) is 18.3 Å². The smallest absolute Gasteiger partial charge is 0.331 e. The van der Waals surface area contributed by atoms with E-state index < -0.39 is 34.7 Å². The van der Waals surface area contributed by atoms with Gasteiger partial charge in [0.2, 0.25) is 11.3 Å². The van der Waals surface area contributed by atoms with Crippen LogP contribution >= 0.6 is 0 Å². The van der Waals surface area contributed by atoms with E-state index in [9.17, 15) is 27.6 Å². The van der Waals surface area contributed by atoms with Crippen LogP contribution < -0.4 is 10.7 Å². The number of alkyl halides is 3. The third-order valence-corrected chi connectivity index (χ3v) is 5.13. The van der Waals surface area contributed by atoms with Crippen LogP contribution in [-0.4, -0.2) is 40.1 Å². The van der Waals surface area contributed by atoms with Crippen molar-refractivity contribution in [2.24, 2.45) is 0 Å². The van der Waals surface area contributed by atoms with Gasteiger partial charge in [0.15, 0.2) is 5.69 Å². The summed E-state index contributed by atoms with van der Waals surface area (Å²) in [4.78, 5) is 38.8. The molecule has 2 amide bonds. The van der Waals surface area contributed by atoms with Crippen molar-refractivity contribution in [2.75, 3.05) is 18.9 Å². The normalized spacial score (nSPS) is 11.2. The Labute approximate surface area is 193 Å². The maximum Gasteiger partial charge on any atom is 0.416 e. The highest BCUT2D eigenvalue weighted by molar-refractivity contribution is 5.98. The van der Waals surface area contributed by atoms with Crippen LogP contribution in [0.15, 0.2) is 59.4 Å². The van der Waals surface area contributed by atoms with Gasteiger partial charge in [-0.05, 0) is 43.2 Å². The van der Waals surface area contributed by atoms with Crippen LogP contribution in [0.2, 0.25) is 0 Å². The number of rotatable bonds is 6. The van der Waals surface area contributed by atoms with E-state index in [4.69, 9.17) is 0 Å². The second-order valence-corrected chi connectivity index (χ2v) is 7.68. The van der Waals surface area contributed by atoms with Crippen molar-refractivity contribution in [3.63, 3.8) is 0 Å². The Kier molecular flexibility index (Phi) is 7.19. The molecule has 0 radical (unpaired) electrons. The average molecular weight is 472 g/mol. The van der Waals surface area contributed by atoms with Crippen LogP contribution in [0.4, 0.5) is 18.9 Å². The van der Waals surface area contributed by atoms with Crippen LogP contribution in [0.1, 0.15) is 34.2 Å². The Morgan fingerprint density at radius 1 is 1.09 bits per heavy atom. The van der Waals surface area contributed by atoms with E-state index in [2.05, 4.69) is 10.4 Å². The van der Waals surface area contributed by atoms with Crippen LogP contribution in [0, 0.1) is 6.92 Å². The third-order valence-electron chi connectivity index (χ3n) is 5.13. The lowest BCUT2D eigenvalue weighted by Gasteiger charge is -2.18. The molecule has 1 heterocycles. The molecule has 0 aliphatic heterocycles. The number of likely N-dealkylation sites (N-methyl/N-ethyl adjacent to an activating group) is 1. The molecular formula is C24H23F3N4O3. The molecule has 178 valence electrons. The second-order valence-electron chi connectivity index (χ2n) is 7.68. The zero-order valence-corrected chi connectivity index (χ0v) is 18.8. The number of carbonyl (C=O) groups excluding carboxylic acids is 2. The van der Waals surface area contributed by atoms with Crippen molar-refractivity contribution in [1.82, 2.24) is 14.7 Å². The van der Waals surface area contributed by atoms with Crippen LogP contribution in [0.3, 0.4) is 0 Å². The first-order valence-corrected chi connectivity index (χ1v) is 10.4. The molecular weight excluding hydrogens is 449 g/mol. The van der Waals surface area contributed by atoms with Gasteiger partial charge in [0.25, 0.3) is 5.91 Å². The Morgan fingerprint density at radius 3 is 2.47 bits per heavy atom. The van der Waals surface area contributed by atoms with Crippen molar-refractivity contribution in [3.05, 3.63) is 87.3 Å². The summed E-state index contributed by atoms with van der Waals surface area (Å²) in [5, 5.41) is 6.76. The molecule has 0 spiro atoms. The van der Waals surface area contributed by atoms with Crippen molar-refractivity contribution >= 4 is 17.5 Å². The predicted molar refractivity (Wildman–Crippen MR) is 121 cm³/mol. The number of halogens is 3. The highest BCUT2D eigenvalue weighted by Crippen LogP contribution is 2.30. The van der Waals surface area contributed by atoms with Gasteiger partial charge >= 0.3 is 6.18 Å². The molecule has 3 rings (SSSR count). The van der Waals surface area contributed by atoms with Gasteiger partial charge in [-0.15, -0.1) is 0 Å². The lowest BCUT2D eigenvalue weighted by atomic mass is 10.1. The summed E-state index contributed by atoms with van der Waals surface area (Å²) in [6.45, 7) is 3.08. The van der Waals surface area contributed by atoms with Gasteiger partial charge in [-0.25, -0.2) is 4.68 Å². The largest absolute Gasteiger partial charge is 0.416 e. The van der Waals surface area contributed by atoms with Crippen molar-refractivity contribution < 1.29 is 22.8 Å². The van der Waals surface area contributed by atoms with Crippen LogP contribution in [0.5, 0.6) is 0 Å². The standard InChI is InChI=1S/C24H23F3N4O3/c1-4-16-8-5-6-11-19(16)28-21(33)14-30(3)23(34)22-20(32)12-15(2)31(29-22)18-10-7-9-17(13-18)24(25,26)27/h5-13H,4,14H2,1-3H3,(H,28,33). The quantitative estimate of drug-likeness (QED) is 0.591. The first-order chi connectivity index (χ1) is 16.0. The first-order valence-electron chi connectivity index (χ1n) is 10.4. The molecule has 7 nitrogen and oxygen atoms in total. The van der Waals surface area contributed by atoms with Gasteiger partial charge in [0.05, 0.1) is 17.8 Å². The minimum atomic E-state index is -4.56. The fourth-order valence-corrected chi connectivity index (χ4v) is 3.38. The minimum absolute atomic E-state index is 0.0398. The second kappa shape index (κ2) is 9.90. The van der Waals surface area contributed by atoms with Gasteiger partial charge in [0, 0.05) is 24.5 Å². The Balaban J connectivity index is 1.85. The summed E-state index contributed by atoms with van der Waals surface area (Å²) in [5.41, 5.74) is -0.263. The number of nitrogens with zero attached hydrogens (tertiary/aromatic N) is 3. The summed E-state index contributed by atoms with van der Waals surface area (Å²) in [6.07, 6.45) is -3.86. The van der Waals surface area contributed by atoms with Gasteiger partial charge in [0.1, 0.15) is 0 Å². The molecule has 0 aliphatic rings. The highest BCUT2D eigenvalue weighted by atomic mass is 19.4. The summed E-state index contributed by atoms with van der Waals surface area (Å²) < 4.78 is 40.4. The summed E-state index contributed by atoms with van der Waals surface area (Å²) in [7, 11) is 1.34. The Hall–Kier alpha value is -3.95. The van der Waals surface area contributed by atoms with E-state index in [0.29, 0.717) is 12.1 Å². The summed E-state index contributed by atoms with van der Waals surface area (Å²) in [5.74, 6) is -1.30. The monoisotopic (exact) mass is 472 g/mol. The third kappa shape index (κ3) is 5.51. The maximum absolute atomic E-state index is 13.1. The Bertz CT molecular complexity index is 1280. The van der Waals surface area contributed by atoms with Gasteiger partial charge in [-0.1, -0.05) is 31.2 Å². The molecule has 1 N–H and O–H groups in total. The number of benzene rings is 2. The average Bonchev–Trinajstić information content (AvgIpc) is 2.78. The molecule has 0 fully saturated rings. The van der Waals surface area contributed by atoms with Crippen LogP contribution in [0.25, 0.3) is 5.69 Å². The number of hydrogen-bond acceptors (Lipinski definition) is 4. The molecule has 0 bridgehead atoms. The van der Waals surface area contributed by atoms with E-state index in [1.807, 2.05) is 19.1 Å². The molecule has 1 aromatic heterocycles. The molecule has 0 saturated carbocycles. The van der Waals surface area contributed by atoms with Gasteiger partial charge in [-0.3, -0.25) is 14.4 Å².